The molecule has 0 aliphatic heterocycles. The van der Waals surface area contributed by atoms with Crippen molar-refractivity contribution >= 4 is 11.4 Å². The van der Waals surface area contributed by atoms with Crippen molar-refractivity contribution in [3.8, 4) is 23.0 Å². The fraction of sp³-hybridized carbons (Fsp3) is 0.167. The third-order valence-corrected chi connectivity index (χ3v) is 8.09. The van der Waals surface area contributed by atoms with E-state index in [9.17, 15) is 52.7 Å². The highest BCUT2D eigenvalue weighted by Crippen LogP contribution is 2.54. The number of nitrogens with two attached hydrogens (primary N) is 2. The van der Waals surface area contributed by atoms with Gasteiger partial charge >= 0.3 is 30.9 Å². The van der Waals surface area contributed by atoms with Crippen LogP contribution in [0.2, 0.25) is 0 Å². The van der Waals surface area contributed by atoms with E-state index in [0.717, 1.165) is 24.3 Å². The molecule has 0 aliphatic rings. The third kappa shape index (κ3) is 8.34. The minimum absolute atomic E-state index is 0.147. The average Bonchev–Trinajstić information content (AvgIpc) is 3.05. The molecular formula is C36H21F15N2O2. The fourth-order valence-corrected chi connectivity index (χ4v) is 5.68. The maximum absolute atomic E-state index is 15.7. The number of anilines is 2. The Kier molecular flexibility index (Phi) is 10.2. The molecule has 5 aromatic rings. The van der Waals surface area contributed by atoms with Crippen molar-refractivity contribution in [3.63, 3.8) is 0 Å². The van der Waals surface area contributed by atoms with Crippen molar-refractivity contribution in [1.29, 1.82) is 0 Å². The molecular weight excluding hydrogens is 777 g/mol. The number of ether oxygens (including phenoxy) is 2. The predicted molar refractivity (Wildman–Crippen MR) is 167 cm³/mol. The summed E-state index contributed by atoms with van der Waals surface area (Å²) in [6.07, 6.45) is -27.0. The van der Waals surface area contributed by atoms with Crippen LogP contribution in [0.1, 0.15) is 38.9 Å². The predicted octanol–water partition coefficient (Wildman–Crippen LogP) is 12.4. The first-order valence-electron chi connectivity index (χ1n) is 15.1. The van der Waals surface area contributed by atoms with Gasteiger partial charge in [0.1, 0.15) is 39.5 Å². The van der Waals surface area contributed by atoms with Gasteiger partial charge in [0.15, 0.2) is 0 Å². The van der Waals surface area contributed by atoms with Gasteiger partial charge in [-0.1, -0.05) is 24.3 Å². The van der Waals surface area contributed by atoms with Crippen LogP contribution in [-0.4, -0.2) is 6.18 Å². The van der Waals surface area contributed by atoms with E-state index in [0.29, 0.717) is 60.7 Å². The van der Waals surface area contributed by atoms with Gasteiger partial charge in [-0.2, -0.15) is 65.9 Å². The Labute approximate surface area is 299 Å². The Morgan fingerprint density at radius 2 is 0.673 bits per heavy atom. The van der Waals surface area contributed by atoms with Crippen LogP contribution in [-0.2, 0) is 30.1 Å². The molecule has 0 aromatic heterocycles. The highest BCUT2D eigenvalue weighted by atomic mass is 19.4. The van der Waals surface area contributed by atoms with E-state index in [1.807, 2.05) is 0 Å². The molecule has 19 heteroatoms. The van der Waals surface area contributed by atoms with Gasteiger partial charge in [0.2, 0.25) is 0 Å². The third-order valence-electron chi connectivity index (χ3n) is 8.09. The lowest BCUT2D eigenvalue weighted by atomic mass is 9.68. The first kappa shape index (κ1) is 40.4. The molecule has 4 nitrogen and oxygen atoms in total. The van der Waals surface area contributed by atoms with E-state index in [-0.39, 0.29) is 23.5 Å². The summed E-state index contributed by atoms with van der Waals surface area (Å²) >= 11 is 0. The summed E-state index contributed by atoms with van der Waals surface area (Å²) in [5, 5.41) is 0. The number of halogens is 15. The number of alkyl halides is 15. The monoisotopic (exact) mass is 798 g/mol. The van der Waals surface area contributed by atoms with Gasteiger partial charge < -0.3 is 20.9 Å². The zero-order chi connectivity index (χ0) is 40.9. The van der Waals surface area contributed by atoms with Gasteiger partial charge in [-0.25, -0.2) is 0 Å². The zero-order valence-electron chi connectivity index (χ0n) is 27.0. The number of hydrogen-bond acceptors (Lipinski definition) is 4. The van der Waals surface area contributed by atoms with E-state index in [1.54, 1.807) is 0 Å². The minimum Gasteiger partial charge on any atom is -0.457 e. The molecule has 0 heterocycles. The van der Waals surface area contributed by atoms with Gasteiger partial charge in [-0.15, -0.1) is 0 Å². The normalized spacial score (nSPS) is 13.1. The molecule has 0 unspecified atom stereocenters. The summed E-state index contributed by atoms with van der Waals surface area (Å²) in [4.78, 5) is 0. The number of benzene rings is 5. The maximum atomic E-state index is 15.7. The van der Waals surface area contributed by atoms with E-state index < -0.39 is 104 Å². The first-order valence-corrected chi connectivity index (χ1v) is 15.1. The summed E-state index contributed by atoms with van der Waals surface area (Å²) in [7, 11) is 0. The summed E-state index contributed by atoms with van der Waals surface area (Å²) in [5.41, 5.74) is -4.38. The highest BCUT2D eigenvalue weighted by molar-refractivity contribution is 5.57. The van der Waals surface area contributed by atoms with Crippen molar-refractivity contribution in [2.24, 2.45) is 0 Å². The first-order chi connectivity index (χ1) is 25.2. The lowest BCUT2D eigenvalue weighted by Gasteiger charge is -2.38. The summed E-state index contributed by atoms with van der Waals surface area (Å²) < 4.78 is 223. The second kappa shape index (κ2) is 13.8. The molecule has 55 heavy (non-hydrogen) atoms. The lowest BCUT2D eigenvalue weighted by molar-refractivity contribution is -0.167. The molecule has 5 aromatic carbocycles. The fourth-order valence-electron chi connectivity index (χ4n) is 5.68. The summed E-state index contributed by atoms with van der Waals surface area (Å²) in [6.45, 7) is 0. The van der Waals surface area contributed by atoms with Crippen LogP contribution >= 0.6 is 0 Å². The molecule has 0 saturated carbocycles. The van der Waals surface area contributed by atoms with Crippen LogP contribution in [0.4, 0.5) is 77.2 Å². The second-order valence-electron chi connectivity index (χ2n) is 11.8. The number of nitrogen functional groups attached to an aromatic ring is 2. The van der Waals surface area contributed by atoms with Gasteiger partial charge in [-0.05, 0) is 95.6 Å². The smallest absolute Gasteiger partial charge is 0.420 e. The van der Waals surface area contributed by atoms with Crippen molar-refractivity contribution in [3.05, 3.63) is 142 Å². The van der Waals surface area contributed by atoms with E-state index >= 15 is 13.2 Å². The van der Waals surface area contributed by atoms with E-state index in [4.69, 9.17) is 20.9 Å². The van der Waals surface area contributed by atoms with Crippen LogP contribution in [0.15, 0.2) is 103 Å². The van der Waals surface area contributed by atoms with Crippen LogP contribution in [0.5, 0.6) is 23.0 Å². The molecule has 292 valence electrons. The van der Waals surface area contributed by atoms with E-state index in [1.165, 1.54) is 0 Å². The standard InChI is InChI=1S/C36H21F15N2O2/c37-32(38,39)21-13-20(14-22(15-21)33(40,41)42)31(36(49,50)51,18-1-7-25(8-2-18)54-29-11-5-23(52)16-27(29)34(43,44)45)19-3-9-26(10-4-19)55-30-12-6-24(53)17-28(30)35(46,47)48/h1-17H,52-53H2. The average molecular weight is 799 g/mol. The van der Waals surface area contributed by atoms with Crippen molar-refractivity contribution in [1.82, 2.24) is 0 Å². The van der Waals surface area contributed by atoms with Crippen molar-refractivity contribution in [2.45, 2.75) is 36.3 Å². The molecule has 0 spiro atoms. The molecule has 0 bridgehead atoms. The highest BCUT2D eigenvalue weighted by Gasteiger charge is 2.59. The lowest BCUT2D eigenvalue weighted by Crippen LogP contribution is -2.45. The zero-order valence-corrected chi connectivity index (χ0v) is 27.0. The van der Waals surface area contributed by atoms with Crippen molar-refractivity contribution < 1.29 is 75.3 Å². The minimum atomic E-state index is -5.80. The van der Waals surface area contributed by atoms with Crippen LogP contribution < -0.4 is 20.9 Å². The Balaban J connectivity index is 1.73. The molecule has 0 radical (unpaired) electrons. The van der Waals surface area contributed by atoms with Crippen LogP contribution in [0.3, 0.4) is 0 Å². The van der Waals surface area contributed by atoms with Gasteiger partial charge in [0, 0.05) is 11.4 Å². The Hall–Kier alpha value is -5.75. The maximum Gasteiger partial charge on any atom is 0.420 e. The molecule has 4 N–H and O–H groups in total. The summed E-state index contributed by atoms with van der Waals surface area (Å²) in [6, 6.07) is 9.02. The quantitative estimate of drug-likeness (QED) is 0.0977. The van der Waals surface area contributed by atoms with Crippen LogP contribution in [0.25, 0.3) is 0 Å². The van der Waals surface area contributed by atoms with Crippen LogP contribution in [0, 0.1) is 0 Å². The Bertz CT molecular complexity index is 2030. The van der Waals surface area contributed by atoms with Gasteiger partial charge in [0.05, 0.1) is 11.1 Å². The molecule has 0 amide bonds. The van der Waals surface area contributed by atoms with Gasteiger partial charge in [-0.3, -0.25) is 0 Å². The Morgan fingerprint density at radius 3 is 0.964 bits per heavy atom. The van der Waals surface area contributed by atoms with E-state index in [2.05, 4.69) is 0 Å². The SMILES string of the molecule is Nc1ccc(Oc2ccc(C(c3ccc(Oc4ccc(N)cc4C(F)(F)F)cc3)(c3cc(C(F)(F)F)cc(C(F)(F)F)c3)C(F)(F)F)cc2)c(C(F)(F)F)c1. The molecule has 0 atom stereocenters. The summed E-state index contributed by atoms with van der Waals surface area (Å²) in [5.74, 6) is -2.78. The molecule has 0 aliphatic carbocycles. The molecule has 0 saturated heterocycles. The second-order valence-corrected chi connectivity index (χ2v) is 11.8. The molecule has 5 rings (SSSR count). The number of hydrogen-bond donors (Lipinski definition) is 2. The molecule has 0 fully saturated rings. The van der Waals surface area contributed by atoms with Gasteiger partial charge in [0.25, 0.3) is 0 Å². The Morgan fingerprint density at radius 1 is 0.345 bits per heavy atom. The largest absolute Gasteiger partial charge is 0.457 e. The topological polar surface area (TPSA) is 70.5 Å². The van der Waals surface area contributed by atoms with Crippen molar-refractivity contribution in [2.75, 3.05) is 11.5 Å². The number of rotatable bonds is 7.